The molecule has 0 radical (unpaired) electrons. The normalized spacial score (nSPS) is 10.2. The second-order valence-corrected chi connectivity index (χ2v) is 3.22. The van der Waals surface area contributed by atoms with Crippen LogP contribution in [0.2, 0.25) is 0 Å². The molecule has 1 rings (SSSR count). The first-order chi connectivity index (χ1) is 6.07. The van der Waals surface area contributed by atoms with E-state index in [2.05, 4.69) is 4.98 Å². The van der Waals surface area contributed by atoms with Gasteiger partial charge >= 0.3 is 0 Å². The SMILES string of the molecule is Bc1nc(CCC)c(O)c(B)c1O. The average molecular weight is 177 g/mol. The van der Waals surface area contributed by atoms with E-state index in [1.807, 2.05) is 6.92 Å². The molecule has 5 heteroatoms. The van der Waals surface area contributed by atoms with Gasteiger partial charge in [-0.3, -0.25) is 4.98 Å². The fourth-order valence-corrected chi connectivity index (χ4v) is 1.32. The Bertz CT molecular complexity index is 328. The van der Waals surface area contributed by atoms with Crippen LogP contribution < -0.4 is 11.1 Å². The van der Waals surface area contributed by atoms with E-state index in [9.17, 15) is 10.2 Å². The van der Waals surface area contributed by atoms with E-state index in [1.165, 1.54) is 0 Å². The van der Waals surface area contributed by atoms with E-state index in [4.69, 9.17) is 0 Å². The summed E-state index contributed by atoms with van der Waals surface area (Å²) in [6, 6.07) is 0. The number of aromatic hydroxyl groups is 2. The van der Waals surface area contributed by atoms with Gasteiger partial charge in [0.15, 0.2) is 7.85 Å². The Hall–Kier alpha value is -1.12. The molecule has 0 aliphatic rings. The molecule has 0 bridgehead atoms. The lowest BCUT2D eigenvalue weighted by Crippen LogP contribution is -2.21. The van der Waals surface area contributed by atoms with Crippen LogP contribution in [-0.2, 0) is 6.42 Å². The first-order valence-electron chi connectivity index (χ1n) is 4.46. The van der Waals surface area contributed by atoms with E-state index in [-0.39, 0.29) is 11.5 Å². The maximum atomic E-state index is 9.61. The molecule has 2 N–H and O–H groups in total. The van der Waals surface area contributed by atoms with Gasteiger partial charge in [-0.05, 0) is 11.9 Å². The highest BCUT2D eigenvalue weighted by Crippen LogP contribution is 2.15. The van der Waals surface area contributed by atoms with Crippen molar-refractivity contribution in [2.24, 2.45) is 0 Å². The van der Waals surface area contributed by atoms with Crippen LogP contribution in [0.3, 0.4) is 0 Å². The molecule has 3 nitrogen and oxygen atoms in total. The van der Waals surface area contributed by atoms with Crippen molar-refractivity contribution in [3.05, 3.63) is 5.69 Å². The lowest BCUT2D eigenvalue weighted by atomic mass is 9.87. The average Bonchev–Trinajstić information content (AvgIpc) is 2.11. The van der Waals surface area contributed by atoms with Crippen LogP contribution in [-0.4, -0.2) is 30.9 Å². The van der Waals surface area contributed by atoms with Crippen LogP contribution in [0, 0.1) is 0 Å². The number of aryl methyl sites for hydroxylation is 1. The highest BCUT2D eigenvalue weighted by Gasteiger charge is 2.11. The minimum absolute atomic E-state index is 0.0948. The number of aromatic nitrogens is 1. The molecule has 1 heterocycles. The molecular weight excluding hydrogens is 164 g/mol. The van der Waals surface area contributed by atoms with Crippen LogP contribution in [0.25, 0.3) is 0 Å². The van der Waals surface area contributed by atoms with Gasteiger partial charge in [0.05, 0.1) is 5.69 Å². The fraction of sp³-hybridized carbons (Fsp3) is 0.375. The molecule has 0 unspecified atom stereocenters. The zero-order chi connectivity index (χ0) is 10.0. The molecule has 0 amide bonds. The van der Waals surface area contributed by atoms with Crippen molar-refractivity contribution in [3.63, 3.8) is 0 Å². The molecule has 68 valence electrons. The lowest BCUT2D eigenvalue weighted by molar-refractivity contribution is 0.450. The third-order valence-corrected chi connectivity index (χ3v) is 2.12. The van der Waals surface area contributed by atoms with Crippen LogP contribution >= 0.6 is 0 Å². The second kappa shape index (κ2) is 3.73. The molecule has 1 aromatic rings. The number of pyridine rings is 1. The highest BCUT2D eigenvalue weighted by molar-refractivity contribution is 6.41. The minimum atomic E-state index is 0.0948. The Morgan fingerprint density at radius 2 is 1.85 bits per heavy atom. The molecule has 0 spiro atoms. The maximum absolute atomic E-state index is 9.61. The Morgan fingerprint density at radius 1 is 1.23 bits per heavy atom. The van der Waals surface area contributed by atoms with Gasteiger partial charge in [0, 0.05) is 5.59 Å². The standard InChI is InChI=1S/C8H13B2NO2/c1-2-3-4-6(12)5(9)7(13)8(10)11-4/h12-13H,2-3,9-10H2,1H3. The third kappa shape index (κ3) is 1.79. The molecule has 0 fully saturated rings. The number of rotatable bonds is 2. The van der Waals surface area contributed by atoms with Crippen LogP contribution in [0.4, 0.5) is 0 Å². The quantitative estimate of drug-likeness (QED) is 0.511. The van der Waals surface area contributed by atoms with Crippen LogP contribution in [0.5, 0.6) is 11.5 Å². The molecule has 0 aromatic carbocycles. The van der Waals surface area contributed by atoms with Gasteiger partial charge in [-0.1, -0.05) is 13.3 Å². The summed E-state index contributed by atoms with van der Waals surface area (Å²) in [5.74, 6) is 0.224. The predicted molar refractivity (Wildman–Crippen MR) is 57.9 cm³/mol. The van der Waals surface area contributed by atoms with Crippen molar-refractivity contribution in [2.75, 3.05) is 0 Å². The summed E-state index contributed by atoms with van der Waals surface area (Å²) in [6.45, 7) is 2.03. The van der Waals surface area contributed by atoms with E-state index in [0.29, 0.717) is 16.8 Å². The van der Waals surface area contributed by atoms with Gasteiger partial charge in [-0.25, -0.2) is 0 Å². The molecule has 0 atom stereocenters. The molecule has 13 heavy (non-hydrogen) atoms. The Balaban J connectivity index is 3.24. The largest absolute Gasteiger partial charge is 0.507 e. The molecule has 0 saturated heterocycles. The number of nitrogens with zero attached hydrogens (tertiary/aromatic N) is 1. The van der Waals surface area contributed by atoms with E-state index in [1.54, 1.807) is 15.7 Å². The summed E-state index contributed by atoms with van der Waals surface area (Å²) in [6.07, 6.45) is 1.68. The van der Waals surface area contributed by atoms with Crippen molar-refractivity contribution in [1.82, 2.24) is 4.98 Å². The summed E-state index contributed by atoms with van der Waals surface area (Å²) in [5, 5.41) is 19.1. The highest BCUT2D eigenvalue weighted by atomic mass is 16.3. The predicted octanol–water partition coefficient (Wildman–Crippen LogP) is -2.04. The molecule has 1 aromatic heterocycles. The lowest BCUT2D eigenvalue weighted by Gasteiger charge is -2.09. The van der Waals surface area contributed by atoms with E-state index < -0.39 is 0 Å². The second-order valence-electron chi connectivity index (χ2n) is 3.22. The zero-order valence-electron chi connectivity index (χ0n) is 8.26. The fourth-order valence-electron chi connectivity index (χ4n) is 1.32. The molecule has 0 aliphatic carbocycles. The Morgan fingerprint density at radius 3 is 2.38 bits per heavy atom. The van der Waals surface area contributed by atoms with Crippen molar-refractivity contribution >= 4 is 26.7 Å². The maximum Gasteiger partial charge on any atom is 0.168 e. The molecular formula is C8H13B2NO2. The summed E-state index contributed by atoms with van der Waals surface area (Å²) < 4.78 is 0. The van der Waals surface area contributed by atoms with Gasteiger partial charge in [-0.15, -0.1) is 0 Å². The van der Waals surface area contributed by atoms with Crippen LogP contribution in [0.1, 0.15) is 19.0 Å². The first kappa shape index (κ1) is 9.96. The summed E-state index contributed by atoms with van der Waals surface area (Å²) in [5.41, 5.74) is 1.78. The first-order valence-corrected chi connectivity index (χ1v) is 4.46. The van der Waals surface area contributed by atoms with Crippen molar-refractivity contribution in [3.8, 4) is 11.5 Å². The smallest absolute Gasteiger partial charge is 0.168 e. The van der Waals surface area contributed by atoms with Gasteiger partial charge in [0.1, 0.15) is 19.3 Å². The topological polar surface area (TPSA) is 53.4 Å². The van der Waals surface area contributed by atoms with Crippen LogP contribution in [0.15, 0.2) is 0 Å². The molecule has 0 aliphatic heterocycles. The number of hydrogen-bond acceptors (Lipinski definition) is 3. The van der Waals surface area contributed by atoms with Gasteiger partial charge < -0.3 is 10.2 Å². The van der Waals surface area contributed by atoms with Crippen molar-refractivity contribution < 1.29 is 10.2 Å². The monoisotopic (exact) mass is 177 g/mol. The Kier molecular flexibility index (Phi) is 2.86. The van der Waals surface area contributed by atoms with Gasteiger partial charge in [0.25, 0.3) is 0 Å². The summed E-state index contributed by atoms with van der Waals surface area (Å²) in [7, 11) is 3.43. The third-order valence-electron chi connectivity index (χ3n) is 2.12. The van der Waals surface area contributed by atoms with Crippen molar-refractivity contribution in [2.45, 2.75) is 19.8 Å². The van der Waals surface area contributed by atoms with E-state index in [0.717, 1.165) is 12.8 Å². The van der Waals surface area contributed by atoms with Gasteiger partial charge in [0.2, 0.25) is 0 Å². The van der Waals surface area contributed by atoms with Gasteiger partial charge in [-0.2, -0.15) is 0 Å². The zero-order valence-corrected chi connectivity index (χ0v) is 8.26. The van der Waals surface area contributed by atoms with E-state index >= 15 is 0 Å². The minimum Gasteiger partial charge on any atom is -0.507 e. The Labute approximate surface area is 79.6 Å². The summed E-state index contributed by atoms with van der Waals surface area (Å²) >= 11 is 0. The molecule has 0 saturated carbocycles. The van der Waals surface area contributed by atoms with Crippen molar-refractivity contribution in [1.29, 1.82) is 0 Å². The summed E-state index contributed by atoms with van der Waals surface area (Å²) in [4.78, 5) is 4.12. The number of hydrogen-bond donors (Lipinski definition) is 2.